The summed E-state index contributed by atoms with van der Waals surface area (Å²) in [6, 6.07) is 11.7. The van der Waals surface area contributed by atoms with E-state index in [9.17, 15) is 17.6 Å². The molecular formula is C21H27FN2O3S. The van der Waals surface area contributed by atoms with Gasteiger partial charge in [0.1, 0.15) is 5.82 Å². The first-order chi connectivity index (χ1) is 13.2. The van der Waals surface area contributed by atoms with Crippen LogP contribution < -0.4 is 5.32 Å². The van der Waals surface area contributed by atoms with Gasteiger partial charge < -0.3 is 5.32 Å². The average molecular weight is 407 g/mol. The maximum Gasteiger partial charge on any atom is 0.251 e. The first-order valence-electron chi connectivity index (χ1n) is 9.37. The summed E-state index contributed by atoms with van der Waals surface area (Å²) in [7, 11) is -3.56. The topological polar surface area (TPSA) is 66.5 Å². The lowest BCUT2D eigenvalue weighted by Gasteiger charge is -2.23. The largest absolute Gasteiger partial charge is 0.345 e. The molecule has 1 atom stereocenters. The van der Waals surface area contributed by atoms with Gasteiger partial charge >= 0.3 is 0 Å². The van der Waals surface area contributed by atoms with Crippen LogP contribution in [0.1, 0.15) is 49.7 Å². The first kappa shape index (κ1) is 22.0. The molecule has 0 bridgehead atoms. The Bertz CT molecular complexity index is 890. The number of halogens is 1. The van der Waals surface area contributed by atoms with Crippen LogP contribution in [0, 0.1) is 11.7 Å². The standard InChI is InChI=1S/C21H27FN2O3S/c1-5-24(6-2)28(26,27)19-13-9-17(10-14-19)21(25)23-20(15(3)4)16-7-11-18(22)12-8-16/h7-15,20H,5-6H2,1-4H3,(H,23,25)/t20-/m0/s1. The highest BCUT2D eigenvalue weighted by Crippen LogP contribution is 2.23. The molecule has 5 nitrogen and oxygen atoms in total. The Labute approximate surface area is 166 Å². The van der Waals surface area contributed by atoms with Crippen molar-refractivity contribution in [2.45, 2.75) is 38.6 Å². The van der Waals surface area contributed by atoms with Gasteiger partial charge in [-0.25, -0.2) is 12.8 Å². The zero-order valence-electron chi connectivity index (χ0n) is 16.6. The van der Waals surface area contributed by atoms with Gasteiger partial charge in [0.05, 0.1) is 10.9 Å². The van der Waals surface area contributed by atoms with E-state index in [1.165, 1.54) is 40.7 Å². The predicted molar refractivity (Wildman–Crippen MR) is 108 cm³/mol. The molecular weight excluding hydrogens is 379 g/mol. The molecule has 2 rings (SSSR count). The fourth-order valence-electron chi connectivity index (χ4n) is 3.02. The van der Waals surface area contributed by atoms with Crippen LogP contribution in [0.3, 0.4) is 0 Å². The van der Waals surface area contributed by atoms with Crippen LogP contribution in [0.2, 0.25) is 0 Å². The third-order valence-electron chi connectivity index (χ3n) is 4.64. The number of carbonyl (C=O) groups is 1. The van der Waals surface area contributed by atoms with Gasteiger partial charge in [-0.05, 0) is 47.9 Å². The summed E-state index contributed by atoms with van der Waals surface area (Å²) in [5.74, 6) is -0.547. The minimum absolute atomic E-state index is 0.0942. The van der Waals surface area contributed by atoms with Crippen molar-refractivity contribution in [1.29, 1.82) is 0 Å². The Kier molecular flexibility index (Phi) is 7.32. The van der Waals surface area contributed by atoms with Crippen LogP contribution in [0.4, 0.5) is 4.39 Å². The predicted octanol–water partition coefficient (Wildman–Crippen LogP) is 3.98. The molecule has 0 aliphatic heterocycles. The minimum atomic E-state index is -3.56. The van der Waals surface area contributed by atoms with E-state index in [1.54, 1.807) is 26.0 Å². The summed E-state index contributed by atoms with van der Waals surface area (Å²) in [6.45, 7) is 8.26. The third-order valence-corrected chi connectivity index (χ3v) is 6.71. The number of nitrogens with one attached hydrogen (secondary N) is 1. The molecule has 0 fully saturated rings. The molecule has 0 aliphatic rings. The van der Waals surface area contributed by atoms with Crippen molar-refractivity contribution in [3.05, 3.63) is 65.5 Å². The summed E-state index contributed by atoms with van der Waals surface area (Å²) in [4.78, 5) is 12.8. The molecule has 0 spiro atoms. The summed E-state index contributed by atoms with van der Waals surface area (Å²) >= 11 is 0. The number of nitrogens with zero attached hydrogens (tertiary/aromatic N) is 1. The number of amides is 1. The quantitative estimate of drug-likeness (QED) is 0.721. The summed E-state index contributed by atoms with van der Waals surface area (Å²) in [5, 5.41) is 2.95. The number of rotatable bonds is 8. The Morgan fingerprint density at radius 3 is 2.00 bits per heavy atom. The van der Waals surface area contributed by atoms with E-state index in [0.29, 0.717) is 18.7 Å². The molecule has 0 radical (unpaired) electrons. The highest BCUT2D eigenvalue weighted by atomic mass is 32.2. The van der Waals surface area contributed by atoms with Gasteiger partial charge in [-0.3, -0.25) is 4.79 Å². The van der Waals surface area contributed by atoms with Crippen LogP contribution in [0.5, 0.6) is 0 Å². The summed E-state index contributed by atoms with van der Waals surface area (Å²) in [6.07, 6.45) is 0. The fourth-order valence-corrected chi connectivity index (χ4v) is 4.48. The van der Waals surface area contributed by atoms with Gasteiger partial charge in [0, 0.05) is 18.7 Å². The lowest BCUT2D eigenvalue weighted by molar-refractivity contribution is 0.0925. The number of hydrogen-bond acceptors (Lipinski definition) is 3. The van der Waals surface area contributed by atoms with Crippen LogP contribution in [-0.2, 0) is 10.0 Å². The second-order valence-corrected chi connectivity index (χ2v) is 8.80. The van der Waals surface area contributed by atoms with Crippen molar-refractivity contribution >= 4 is 15.9 Å². The fraction of sp³-hybridized carbons (Fsp3) is 0.381. The van der Waals surface area contributed by atoms with E-state index >= 15 is 0 Å². The van der Waals surface area contributed by atoms with E-state index < -0.39 is 10.0 Å². The number of hydrogen-bond donors (Lipinski definition) is 1. The molecule has 0 unspecified atom stereocenters. The second-order valence-electron chi connectivity index (χ2n) is 6.86. The van der Waals surface area contributed by atoms with Crippen LogP contribution in [-0.4, -0.2) is 31.7 Å². The number of carbonyl (C=O) groups excluding carboxylic acids is 1. The van der Waals surface area contributed by atoms with Crippen molar-refractivity contribution < 1.29 is 17.6 Å². The average Bonchev–Trinajstić information content (AvgIpc) is 2.67. The Hall–Kier alpha value is -2.25. The van der Waals surface area contributed by atoms with E-state index in [-0.39, 0.29) is 28.6 Å². The third kappa shape index (κ3) is 4.97. The Morgan fingerprint density at radius 1 is 1.00 bits per heavy atom. The maximum absolute atomic E-state index is 13.2. The van der Waals surface area contributed by atoms with Crippen LogP contribution >= 0.6 is 0 Å². The zero-order chi connectivity index (χ0) is 20.9. The van der Waals surface area contributed by atoms with Crippen molar-refractivity contribution in [2.24, 2.45) is 5.92 Å². The van der Waals surface area contributed by atoms with Gasteiger partial charge in [0.25, 0.3) is 5.91 Å². The van der Waals surface area contributed by atoms with E-state index in [2.05, 4.69) is 5.32 Å². The van der Waals surface area contributed by atoms with Crippen molar-refractivity contribution in [2.75, 3.05) is 13.1 Å². The molecule has 0 aliphatic carbocycles. The molecule has 1 N–H and O–H groups in total. The SMILES string of the molecule is CCN(CC)S(=O)(=O)c1ccc(C(=O)N[C@H](c2ccc(F)cc2)C(C)C)cc1. The van der Waals surface area contributed by atoms with Gasteiger partial charge in [0.2, 0.25) is 10.0 Å². The van der Waals surface area contributed by atoms with Gasteiger partial charge in [-0.15, -0.1) is 0 Å². The first-order valence-corrected chi connectivity index (χ1v) is 10.8. The van der Waals surface area contributed by atoms with Crippen molar-refractivity contribution in [1.82, 2.24) is 9.62 Å². The molecule has 1 amide bonds. The lowest BCUT2D eigenvalue weighted by atomic mass is 9.95. The molecule has 7 heteroatoms. The van der Waals surface area contributed by atoms with Gasteiger partial charge in [-0.1, -0.05) is 39.8 Å². The number of sulfonamides is 1. The second kappa shape index (κ2) is 9.30. The Balaban J connectivity index is 2.21. The normalized spacial score (nSPS) is 13.0. The van der Waals surface area contributed by atoms with Crippen LogP contribution in [0.15, 0.2) is 53.4 Å². The molecule has 0 heterocycles. The highest BCUT2D eigenvalue weighted by molar-refractivity contribution is 7.89. The van der Waals surface area contributed by atoms with E-state index in [1.807, 2.05) is 13.8 Å². The summed E-state index contributed by atoms with van der Waals surface area (Å²) < 4.78 is 39.6. The Morgan fingerprint density at radius 2 is 1.54 bits per heavy atom. The van der Waals surface area contributed by atoms with Crippen molar-refractivity contribution in [3.8, 4) is 0 Å². The molecule has 2 aromatic rings. The molecule has 0 aromatic heterocycles. The number of benzene rings is 2. The van der Waals surface area contributed by atoms with E-state index in [4.69, 9.17) is 0 Å². The summed E-state index contributed by atoms with van der Waals surface area (Å²) in [5.41, 5.74) is 1.18. The smallest absolute Gasteiger partial charge is 0.251 e. The van der Waals surface area contributed by atoms with Gasteiger partial charge in [0.15, 0.2) is 0 Å². The molecule has 0 saturated carbocycles. The highest BCUT2D eigenvalue weighted by Gasteiger charge is 2.23. The lowest BCUT2D eigenvalue weighted by Crippen LogP contribution is -2.32. The zero-order valence-corrected chi connectivity index (χ0v) is 17.5. The van der Waals surface area contributed by atoms with E-state index in [0.717, 1.165) is 5.56 Å². The molecule has 152 valence electrons. The minimum Gasteiger partial charge on any atom is -0.345 e. The molecule has 2 aromatic carbocycles. The van der Waals surface area contributed by atoms with Gasteiger partial charge in [-0.2, -0.15) is 4.31 Å². The monoisotopic (exact) mass is 406 g/mol. The molecule has 0 saturated heterocycles. The molecule has 28 heavy (non-hydrogen) atoms. The van der Waals surface area contributed by atoms with Crippen molar-refractivity contribution in [3.63, 3.8) is 0 Å². The maximum atomic E-state index is 13.2. The van der Waals surface area contributed by atoms with Crippen LogP contribution in [0.25, 0.3) is 0 Å².